The molecular weight excluding hydrogens is 348 g/mol. The Morgan fingerprint density at radius 1 is 0.379 bits per heavy atom. The Morgan fingerprint density at radius 2 is 0.690 bits per heavy atom. The van der Waals surface area contributed by atoms with Crippen molar-refractivity contribution in [2.75, 3.05) is 0 Å². The second-order valence-electron chi connectivity index (χ2n) is 7.79. The van der Waals surface area contributed by atoms with Gasteiger partial charge in [-0.3, -0.25) is 0 Å². The molecule has 0 spiro atoms. The lowest BCUT2D eigenvalue weighted by molar-refractivity contribution is 0.436. The average molecular weight is 377 g/mol. The highest BCUT2D eigenvalue weighted by Gasteiger charge is 2.33. The third kappa shape index (κ3) is 4.66. The van der Waals surface area contributed by atoms with Crippen molar-refractivity contribution in [3.63, 3.8) is 0 Å². The summed E-state index contributed by atoms with van der Waals surface area (Å²) in [5.41, 5.74) is 5.64. The van der Waals surface area contributed by atoms with Gasteiger partial charge in [-0.1, -0.05) is 121 Å². The normalized spacial score (nSPS) is 11.3. The van der Waals surface area contributed by atoms with E-state index in [1.165, 1.54) is 22.3 Å². The molecule has 0 aliphatic rings. The van der Waals surface area contributed by atoms with Crippen molar-refractivity contribution in [1.82, 2.24) is 0 Å². The SMILES string of the molecule is c1ccc(CCC(CCc2ccccc2)(c2ccccc2)c2ccccc2)cc1. The molecule has 0 heteroatoms. The van der Waals surface area contributed by atoms with Crippen molar-refractivity contribution in [3.05, 3.63) is 144 Å². The second-order valence-corrected chi connectivity index (χ2v) is 7.79. The summed E-state index contributed by atoms with van der Waals surface area (Å²) >= 11 is 0. The van der Waals surface area contributed by atoms with E-state index < -0.39 is 0 Å². The Morgan fingerprint density at radius 3 is 1.03 bits per heavy atom. The summed E-state index contributed by atoms with van der Waals surface area (Å²) in [5.74, 6) is 0. The smallest absolute Gasteiger partial charge is 0.0209 e. The highest BCUT2D eigenvalue weighted by atomic mass is 14.4. The van der Waals surface area contributed by atoms with E-state index in [9.17, 15) is 0 Å². The van der Waals surface area contributed by atoms with Crippen LogP contribution < -0.4 is 0 Å². The van der Waals surface area contributed by atoms with Gasteiger partial charge in [0.1, 0.15) is 0 Å². The average Bonchev–Trinajstić information content (AvgIpc) is 2.82. The number of hydrogen-bond acceptors (Lipinski definition) is 0. The zero-order valence-corrected chi connectivity index (χ0v) is 16.9. The van der Waals surface area contributed by atoms with Crippen LogP contribution in [0, 0.1) is 0 Å². The Labute approximate surface area is 174 Å². The van der Waals surface area contributed by atoms with Gasteiger partial charge in [0.2, 0.25) is 0 Å². The Kier molecular flexibility index (Phi) is 6.22. The molecular formula is C29H28. The first-order valence-electron chi connectivity index (χ1n) is 10.6. The Balaban J connectivity index is 1.73. The first kappa shape index (κ1) is 19.2. The minimum absolute atomic E-state index is 0.00575. The summed E-state index contributed by atoms with van der Waals surface area (Å²) < 4.78 is 0. The fourth-order valence-electron chi connectivity index (χ4n) is 4.39. The lowest BCUT2D eigenvalue weighted by atomic mass is 9.67. The van der Waals surface area contributed by atoms with Gasteiger partial charge >= 0.3 is 0 Å². The standard InChI is InChI=1S/C29H28/c1-5-13-25(14-6-1)21-23-29(27-17-9-3-10-18-27,28-19-11-4-12-20-28)24-22-26-15-7-2-8-16-26/h1-20H,21-24H2. The molecule has 0 nitrogen and oxygen atoms in total. The lowest BCUT2D eigenvalue weighted by Gasteiger charge is -2.36. The molecule has 4 aromatic rings. The predicted octanol–water partition coefficient (Wildman–Crippen LogP) is 7.24. The maximum atomic E-state index is 2.31. The third-order valence-corrected chi connectivity index (χ3v) is 6.02. The Hall–Kier alpha value is -3.12. The molecule has 0 fully saturated rings. The summed E-state index contributed by atoms with van der Waals surface area (Å²) in [5, 5.41) is 0. The number of rotatable bonds is 8. The van der Waals surface area contributed by atoms with Crippen molar-refractivity contribution >= 4 is 0 Å². The van der Waals surface area contributed by atoms with Crippen LogP contribution in [-0.4, -0.2) is 0 Å². The maximum absolute atomic E-state index is 2.31. The molecule has 0 aliphatic heterocycles. The van der Waals surface area contributed by atoms with E-state index in [2.05, 4.69) is 121 Å². The van der Waals surface area contributed by atoms with Crippen LogP contribution in [0.25, 0.3) is 0 Å². The maximum Gasteiger partial charge on any atom is 0.0209 e. The van der Waals surface area contributed by atoms with Gasteiger partial charge < -0.3 is 0 Å². The van der Waals surface area contributed by atoms with Crippen LogP contribution >= 0.6 is 0 Å². The van der Waals surface area contributed by atoms with Crippen LogP contribution in [0.4, 0.5) is 0 Å². The van der Waals surface area contributed by atoms with Crippen molar-refractivity contribution in [2.24, 2.45) is 0 Å². The van der Waals surface area contributed by atoms with Gasteiger partial charge in [0.05, 0.1) is 0 Å². The first-order chi connectivity index (χ1) is 14.4. The van der Waals surface area contributed by atoms with Crippen LogP contribution in [0.15, 0.2) is 121 Å². The van der Waals surface area contributed by atoms with Crippen molar-refractivity contribution in [1.29, 1.82) is 0 Å². The minimum atomic E-state index is -0.00575. The van der Waals surface area contributed by atoms with Gasteiger partial charge in [0.25, 0.3) is 0 Å². The molecule has 0 unspecified atom stereocenters. The molecule has 144 valence electrons. The molecule has 4 rings (SSSR count). The van der Waals surface area contributed by atoms with Crippen LogP contribution in [0.3, 0.4) is 0 Å². The van der Waals surface area contributed by atoms with Crippen molar-refractivity contribution < 1.29 is 0 Å². The van der Waals surface area contributed by atoms with Crippen LogP contribution in [0.5, 0.6) is 0 Å². The molecule has 4 aromatic carbocycles. The predicted molar refractivity (Wildman–Crippen MR) is 123 cm³/mol. The fraction of sp³-hybridized carbons (Fsp3) is 0.172. The minimum Gasteiger partial charge on any atom is -0.0622 e. The van der Waals surface area contributed by atoms with E-state index in [4.69, 9.17) is 0 Å². The van der Waals surface area contributed by atoms with Crippen molar-refractivity contribution in [2.45, 2.75) is 31.1 Å². The van der Waals surface area contributed by atoms with E-state index in [0.717, 1.165) is 25.7 Å². The first-order valence-corrected chi connectivity index (χ1v) is 10.6. The van der Waals surface area contributed by atoms with Gasteiger partial charge in [-0.25, -0.2) is 0 Å². The number of aryl methyl sites for hydroxylation is 2. The van der Waals surface area contributed by atoms with Gasteiger partial charge in [0, 0.05) is 5.41 Å². The van der Waals surface area contributed by atoms with Crippen molar-refractivity contribution in [3.8, 4) is 0 Å². The molecule has 0 N–H and O–H groups in total. The highest BCUT2D eigenvalue weighted by molar-refractivity contribution is 5.40. The molecule has 0 aromatic heterocycles. The topological polar surface area (TPSA) is 0 Å². The van der Waals surface area contributed by atoms with Gasteiger partial charge in [-0.05, 0) is 47.9 Å². The van der Waals surface area contributed by atoms with Crippen LogP contribution in [-0.2, 0) is 18.3 Å². The van der Waals surface area contributed by atoms with Gasteiger partial charge in [-0.15, -0.1) is 0 Å². The highest BCUT2D eigenvalue weighted by Crippen LogP contribution is 2.41. The summed E-state index contributed by atoms with van der Waals surface area (Å²) in [6.07, 6.45) is 4.33. The zero-order chi connectivity index (χ0) is 19.8. The van der Waals surface area contributed by atoms with E-state index in [-0.39, 0.29) is 5.41 Å². The largest absolute Gasteiger partial charge is 0.0622 e. The summed E-state index contributed by atoms with van der Waals surface area (Å²) in [7, 11) is 0. The molecule has 0 saturated heterocycles. The number of hydrogen-bond donors (Lipinski definition) is 0. The molecule has 0 amide bonds. The molecule has 0 bridgehead atoms. The second kappa shape index (κ2) is 9.39. The third-order valence-electron chi connectivity index (χ3n) is 6.02. The van der Waals surface area contributed by atoms with E-state index >= 15 is 0 Å². The monoisotopic (exact) mass is 376 g/mol. The van der Waals surface area contributed by atoms with Gasteiger partial charge in [0.15, 0.2) is 0 Å². The number of benzene rings is 4. The molecule has 0 atom stereocenters. The molecule has 29 heavy (non-hydrogen) atoms. The van der Waals surface area contributed by atoms with Gasteiger partial charge in [-0.2, -0.15) is 0 Å². The van der Waals surface area contributed by atoms with E-state index in [1.54, 1.807) is 0 Å². The summed E-state index contributed by atoms with van der Waals surface area (Å²) in [6, 6.07) is 44.0. The molecule has 0 aliphatic carbocycles. The quantitative estimate of drug-likeness (QED) is 0.304. The fourth-order valence-corrected chi connectivity index (χ4v) is 4.39. The zero-order valence-electron chi connectivity index (χ0n) is 16.9. The Bertz CT molecular complexity index is 888. The summed E-state index contributed by atoms with van der Waals surface area (Å²) in [4.78, 5) is 0. The lowest BCUT2D eigenvalue weighted by Crippen LogP contribution is -2.29. The molecule has 0 radical (unpaired) electrons. The summed E-state index contributed by atoms with van der Waals surface area (Å²) in [6.45, 7) is 0. The van der Waals surface area contributed by atoms with Crippen LogP contribution in [0.2, 0.25) is 0 Å². The molecule has 0 heterocycles. The van der Waals surface area contributed by atoms with E-state index in [0.29, 0.717) is 0 Å². The van der Waals surface area contributed by atoms with Crippen LogP contribution in [0.1, 0.15) is 35.1 Å². The molecule has 0 saturated carbocycles. The van der Waals surface area contributed by atoms with E-state index in [1.807, 2.05) is 0 Å².